The van der Waals surface area contributed by atoms with E-state index in [2.05, 4.69) is 31.2 Å². The number of anilines is 1. The van der Waals surface area contributed by atoms with Crippen LogP contribution in [0, 0.1) is 0 Å². The Morgan fingerprint density at radius 3 is 2.94 bits per heavy atom. The van der Waals surface area contributed by atoms with Gasteiger partial charge >= 0.3 is 0 Å². The van der Waals surface area contributed by atoms with Gasteiger partial charge in [0, 0.05) is 13.7 Å². The molecule has 0 spiro atoms. The molecule has 6 heteroatoms. The predicted molar refractivity (Wildman–Crippen MR) is 65.9 cm³/mol. The Hall–Kier alpha value is -0.880. The molecule has 1 aromatic rings. The number of aromatic nitrogens is 2. The van der Waals surface area contributed by atoms with Crippen molar-refractivity contribution in [1.29, 1.82) is 0 Å². The molecule has 0 bridgehead atoms. The van der Waals surface area contributed by atoms with Crippen molar-refractivity contribution >= 4 is 21.9 Å². The van der Waals surface area contributed by atoms with Gasteiger partial charge < -0.3 is 14.8 Å². The largest absolute Gasteiger partial charge is 0.471 e. The minimum Gasteiger partial charge on any atom is -0.471 e. The highest BCUT2D eigenvalue weighted by atomic mass is 79.9. The molecule has 0 amide bonds. The van der Waals surface area contributed by atoms with E-state index in [9.17, 15) is 0 Å². The van der Waals surface area contributed by atoms with E-state index >= 15 is 0 Å². The molecule has 90 valence electrons. The quantitative estimate of drug-likeness (QED) is 0.869. The van der Waals surface area contributed by atoms with E-state index in [1.807, 2.05) is 13.8 Å². The summed E-state index contributed by atoms with van der Waals surface area (Å²) in [5, 5.41) is 2.86. The van der Waals surface area contributed by atoms with Gasteiger partial charge in [0.1, 0.15) is 6.10 Å². The van der Waals surface area contributed by atoms with E-state index in [4.69, 9.17) is 9.47 Å². The van der Waals surface area contributed by atoms with Gasteiger partial charge in [-0.05, 0) is 29.8 Å². The average Bonchev–Trinajstić information content (AvgIpc) is 2.29. The van der Waals surface area contributed by atoms with Crippen LogP contribution in [0.1, 0.15) is 13.8 Å². The van der Waals surface area contributed by atoms with Crippen molar-refractivity contribution in [3.05, 3.63) is 10.7 Å². The topological polar surface area (TPSA) is 56.3 Å². The van der Waals surface area contributed by atoms with Gasteiger partial charge in [0.25, 0.3) is 0 Å². The fourth-order valence-electron chi connectivity index (χ4n) is 1.06. The highest BCUT2D eigenvalue weighted by Gasteiger charge is 2.10. The van der Waals surface area contributed by atoms with Gasteiger partial charge in [-0.1, -0.05) is 0 Å². The summed E-state index contributed by atoms with van der Waals surface area (Å²) in [7, 11) is 1.76. The maximum atomic E-state index is 5.63. The Morgan fingerprint density at radius 1 is 1.56 bits per heavy atom. The molecule has 1 unspecified atom stereocenters. The minimum atomic E-state index is -0.0455. The van der Waals surface area contributed by atoms with Gasteiger partial charge in [0.05, 0.1) is 17.3 Å². The number of hydrogen-bond donors (Lipinski definition) is 1. The number of hydrogen-bond acceptors (Lipinski definition) is 5. The molecule has 1 rings (SSSR count). The van der Waals surface area contributed by atoms with Crippen molar-refractivity contribution in [2.45, 2.75) is 20.0 Å². The molecular weight excluding hydrogens is 274 g/mol. The molecule has 1 aromatic heterocycles. The summed E-state index contributed by atoms with van der Waals surface area (Å²) in [5.41, 5.74) is 0. The fourth-order valence-corrected chi connectivity index (χ4v) is 1.35. The molecule has 16 heavy (non-hydrogen) atoms. The SMILES string of the molecule is CCOCC(C)Oc1nc(NC)ncc1Br. The Balaban J connectivity index is 2.64. The van der Waals surface area contributed by atoms with Crippen molar-refractivity contribution in [3.63, 3.8) is 0 Å². The Morgan fingerprint density at radius 2 is 2.31 bits per heavy atom. The normalized spacial score (nSPS) is 12.2. The summed E-state index contributed by atoms with van der Waals surface area (Å²) in [6, 6.07) is 0. The summed E-state index contributed by atoms with van der Waals surface area (Å²) >= 11 is 3.34. The van der Waals surface area contributed by atoms with Gasteiger partial charge in [0.15, 0.2) is 0 Å². The summed E-state index contributed by atoms with van der Waals surface area (Å²) in [4.78, 5) is 8.24. The van der Waals surface area contributed by atoms with Crippen LogP contribution in [0.4, 0.5) is 5.95 Å². The zero-order chi connectivity index (χ0) is 12.0. The Labute approximate surface area is 104 Å². The van der Waals surface area contributed by atoms with Crippen LogP contribution in [0.15, 0.2) is 10.7 Å². The van der Waals surface area contributed by atoms with Crippen LogP contribution in [0.3, 0.4) is 0 Å². The average molecular weight is 290 g/mol. The van der Waals surface area contributed by atoms with Crippen LogP contribution in [0.25, 0.3) is 0 Å². The molecule has 5 nitrogen and oxygen atoms in total. The fraction of sp³-hybridized carbons (Fsp3) is 0.600. The molecular formula is C10H16BrN3O2. The van der Waals surface area contributed by atoms with E-state index in [-0.39, 0.29) is 6.10 Å². The van der Waals surface area contributed by atoms with E-state index in [0.29, 0.717) is 25.0 Å². The lowest BCUT2D eigenvalue weighted by Crippen LogP contribution is -2.20. The van der Waals surface area contributed by atoms with Gasteiger partial charge in [-0.3, -0.25) is 0 Å². The third-order valence-electron chi connectivity index (χ3n) is 1.81. The second-order valence-corrected chi connectivity index (χ2v) is 4.04. The maximum absolute atomic E-state index is 5.63. The van der Waals surface area contributed by atoms with E-state index < -0.39 is 0 Å². The molecule has 0 aromatic carbocycles. The predicted octanol–water partition coefficient (Wildman–Crippen LogP) is 2.08. The first-order valence-electron chi connectivity index (χ1n) is 5.12. The van der Waals surface area contributed by atoms with Gasteiger partial charge in [-0.15, -0.1) is 0 Å². The molecule has 1 N–H and O–H groups in total. The van der Waals surface area contributed by atoms with Crippen molar-refractivity contribution < 1.29 is 9.47 Å². The zero-order valence-corrected chi connectivity index (χ0v) is 11.2. The molecule has 0 fully saturated rings. The molecule has 0 saturated heterocycles. The summed E-state index contributed by atoms with van der Waals surface area (Å²) < 4.78 is 11.6. The zero-order valence-electron chi connectivity index (χ0n) is 9.66. The standard InChI is InChI=1S/C10H16BrN3O2/c1-4-15-6-7(2)16-9-8(11)5-13-10(12-3)14-9/h5,7H,4,6H2,1-3H3,(H,12,13,14). The third-order valence-corrected chi connectivity index (χ3v) is 2.35. The Bertz CT molecular complexity index is 336. The van der Waals surface area contributed by atoms with Crippen LogP contribution < -0.4 is 10.1 Å². The van der Waals surface area contributed by atoms with Crippen molar-refractivity contribution in [2.75, 3.05) is 25.6 Å². The molecule has 1 atom stereocenters. The highest BCUT2D eigenvalue weighted by molar-refractivity contribution is 9.10. The van der Waals surface area contributed by atoms with Crippen LogP contribution >= 0.6 is 15.9 Å². The van der Waals surface area contributed by atoms with Crippen LogP contribution in [0.5, 0.6) is 5.88 Å². The first-order valence-corrected chi connectivity index (χ1v) is 5.91. The van der Waals surface area contributed by atoms with Gasteiger partial charge in [-0.25, -0.2) is 4.98 Å². The highest BCUT2D eigenvalue weighted by Crippen LogP contribution is 2.23. The van der Waals surface area contributed by atoms with E-state index in [1.54, 1.807) is 13.2 Å². The Kier molecular flexibility index (Phi) is 5.48. The summed E-state index contributed by atoms with van der Waals surface area (Å²) in [6.07, 6.45) is 1.61. The van der Waals surface area contributed by atoms with Crippen LogP contribution in [-0.2, 0) is 4.74 Å². The number of ether oxygens (including phenoxy) is 2. The van der Waals surface area contributed by atoms with Crippen molar-refractivity contribution in [1.82, 2.24) is 9.97 Å². The number of halogens is 1. The lowest BCUT2D eigenvalue weighted by Gasteiger charge is -2.14. The van der Waals surface area contributed by atoms with Crippen molar-refractivity contribution in [3.8, 4) is 5.88 Å². The third kappa shape index (κ3) is 3.94. The molecule has 0 saturated carbocycles. The van der Waals surface area contributed by atoms with Gasteiger partial charge in [-0.2, -0.15) is 4.98 Å². The van der Waals surface area contributed by atoms with Gasteiger partial charge in [0.2, 0.25) is 11.8 Å². The first-order chi connectivity index (χ1) is 7.67. The second-order valence-electron chi connectivity index (χ2n) is 3.18. The molecule has 0 aliphatic rings. The molecule has 0 radical (unpaired) electrons. The maximum Gasteiger partial charge on any atom is 0.233 e. The summed E-state index contributed by atoms with van der Waals surface area (Å²) in [6.45, 7) is 5.11. The first kappa shape index (κ1) is 13.2. The lowest BCUT2D eigenvalue weighted by molar-refractivity contribution is 0.0629. The number of nitrogens with one attached hydrogen (secondary N) is 1. The van der Waals surface area contributed by atoms with Crippen LogP contribution in [0.2, 0.25) is 0 Å². The summed E-state index contributed by atoms with van der Waals surface area (Å²) in [5.74, 6) is 1.05. The lowest BCUT2D eigenvalue weighted by atomic mass is 10.4. The minimum absolute atomic E-state index is 0.0455. The van der Waals surface area contributed by atoms with E-state index in [0.717, 1.165) is 4.47 Å². The monoisotopic (exact) mass is 289 g/mol. The van der Waals surface area contributed by atoms with Crippen molar-refractivity contribution in [2.24, 2.45) is 0 Å². The smallest absolute Gasteiger partial charge is 0.233 e. The molecule has 1 heterocycles. The molecule has 0 aliphatic carbocycles. The number of nitrogens with zero attached hydrogens (tertiary/aromatic N) is 2. The second kappa shape index (κ2) is 6.65. The van der Waals surface area contributed by atoms with Crippen LogP contribution in [-0.4, -0.2) is 36.3 Å². The van der Waals surface area contributed by atoms with E-state index in [1.165, 1.54) is 0 Å². The molecule has 0 aliphatic heterocycles. The number of rotatable bonds is 6.